The lowest BCUT2D eigenvalue weighted by Gasteiger charge is -2.10. The standard InChI is InChI=1S/C22H30N4O7S2/c1-17-7-3-9-19(15-17)34(29,30)25-21(27)23-11-5-13-33-14-6-12-24-22(28)26-35(31,32)20-10-4-8-18(2)16-20/h3-4,7-10,15-16H,5-6,11-14H2,1-2H3,(H2,23,25,27)(H2,24,26,28). The van der Waals surface area contributed by atoms with E-state index in [2.05, 4.69) is 10.6 Å². The van der Waals surface area contributed by atoms with Gasteiger partial charge < -0.3 is 15.4 Å². The number of aryl methyl sites for hydroxylation is 2. The van der Waals surface area contributed by atoms with Crippen LogP contribution >= 0.6 is 0 Å². The number of carbonyl (C=O) groups excluding carboxylic acids is 2. The van der Waals surface area contributed by atoms with Crippen LogP contribution in [-0.4, -0.2) is 55.2 Å². The molecule has 13 heteroatoms. The molecule has 11 nitrogen and oxygen atoms in total. The fourth-order valence-electron chi connectivity index (χ4n) is 2.85. The Morgan fingerprint density at radius 2 is 1.11 bits per heavy atom. The maximum atomic E-state index is 12.2. The van der Waals surface area contributed by atoms with E-state index in [0.29, 0.717) is 26.1 Å². The van der Waals surface area contributed by atoms with Crippen molar-refractivity contribution in [3.05, 3.63) is 59.7 Å². The molecular formula is C22H30N4O7S2. The van der Waals surface area contributed by atoms with Gasteiger partial charge in [0.2, 0.25) is 0 Å². The van der Waals surface area contributed by atoms with E-state index < -0.39 is 32.1 Å². The van der Waals surface area contributed by atoms with Crippen molar-refractivity contribution in [1.29, 1.82) is 0 Å². The number of hydrogen-bond acceptors (Lipinski definition) is 7. The lowest BCUT2D eigenvalue weighted by molar-refractivity contribution is 0.130. The van der Waals surface area contributed by atoms with Gasteiger partial charge in [0.15, 0.2) is 0 Å². The molecule has 0 aromatic heterocycles. The Bertz CT molecular complexity index is 1140. The first-order valence-corrected chi connectivity index (χ1v) is 13.8. The molecule has 2 rings (SSSR count). The maximum absolute atomic E-state index is 12.2. The Labute approximate surface area is 205 Å². The van der Waals surface area contributed by atoms with Gasteiger partial charge in [0, 0.05) is 26.3 Å². The number of carbonyl (C=O) groups is 2. The van der Waals surface area contributed by atoms with Crippen molar-refractivity contribution in [1.82, 2.24) is 20.1 Å². The molecule has 35 heavy (non-hydrogen) atoms. The predicted molar refractivity (Wildman–Crippen MR) is 130 cm³/mol. The topological polar surface area (TPSA) is 160 Å². The number of hydrogen-bond donors (Lipinski definition) is 4. The molecule has 192 valence electrons. The van der Waals surface area contributed by atoms with Gasteiger partial charge in [-0.15, -0.1) is 0 Å². The summed E-state index contributed by atoms with van der Waals surface area (Å²) in [5.74, 6) is 0. The maximum Gasteiger partial charge on any atom is 0.328 e. The molecule has 2 aromatic carbocycles. The van der Waals surface area contributed by atoms with Crippen LogP contribution in [0.15, 0.2) is 58.3 Å². The Morgan fingerprint density at radius 1 is 0.714 bits per heavy atom. The number of sulfonamides is 2. The van der Waals surface area contributed by atoms with Crippen molar-refractivity contribution in [2.24, 2.45) is 0 Å². The van der Waals surface area contributed by atoms with Gasteiger partial charge >= 0.3 is 12.1 Å². The minimum absolute atomic E-state index is 0.00559. The minimum atomic E-state index is -3.95. The highest BCUT2D eigenvalue weighted by atomic mass is 32.2. The molecule has 2 aromatic rings. The Morgan fingerprint density at radius 3 is 1.49 bits per heavy atom. The summed E-state index contributed by atoms with van der Waals surface area (Å²) >= 11 is 0. The minimum Gasteiger partial charge on any atom is -0.381 e. The van der Waals surface area contributed by atoms with Gasteiger partial charge in [-0.1, -0.05) is 24.3 Å². The van der Waals surface area contributed by atoms with Crippen LogP contribution in [0.4, 0.5) is 9.59 Å². The predicted octanol–water partition coefficient (Wildman–Crippen LogP) is 1.78. The fraction of sp³-hybridized carbons (Fsp3) is 0.364. The zero-order valence-electron chi connectivity index (χ0n) is 19.5. The summed E-state index contributed by atoms with van der Waals surface area (Å²) in [4.78, 5) is 23.7. The third-order valence-electron chi connectivity index (χ3n) is 4.56. The SMILES string of the molecule is Cc1cccc(S(=O)(=O)NC(=O)NCCCOCCCNC(=O)NS(=O)(=O)c2cccc(C)c2)c1. The first-order valence-electron chi connectivity index (χ1n) is 10.8. The summed E-state index contributed by atoms with van der Waals surface area (Å²) < 4.78 is 58.0. The molecule has 0 saturated carbocycles. The number of rotatable bonds is 12. The second-order valence-electron chi connectivity index (χ2n) is 7.68. The average Bonchev–Trinajstić information content (AvgIpc) is 2.77. The Kier molecular flexibility index (Phi) is 10.5. The molecule has 4 N–H and O–H groups in total. The van der Waals surface area contributed by atoms with Crippen LogP contribution in [0.25, 0.3) is 0 Å². The van der Waals surface area contributed by atoms with Crippen molar-refractivity contribution >= 4 is 32.1 Å². The number of urea groups is 2. The molecule has 0 heterocycles. The number of amides is 4. The van der Waals surface area contributed by atoms with Crippen molar-refractivity contribution < 1.29 is 31.2 Å². The van der Waals surface area contributed by atoms with E-state index in [-0.39, 0.29) is 22.9 Å². The van der Waals surface area contributed by atoms with Crippen LogP contribution in [-0.2, 0) is 24.8 Å². The van der Waals surface area contributed by atoms with Crippen LogP contribution < -0.4 is 20.1 Å². The molecule has 0 aliphatic carbocycles. The van der Waals surface area contributed by atoms with Crippen LogP contribution in [0, 0.1) is 13.8 Å². The third-order valence-corrected chi connectivity index (χ3v) is 7.21. The smallest absolute Gasteiger partial charge is 0.328 e. The van der Waals surface area contributed by atoms with Crippen LogP contribution in [0.3, 0.4) is 0 Å². The molecule has 0 radical (unpaired) electrons. The van der Waals surface area contributed by atoms with E-state index in [4.69, 9.17) is 4.74 Å². The molecular weight excluding hydrogens is 496 g/mol. The molecule has 0 spiro atoms. The van der Waals surface area contributed by atoms with Crippen molar-refractivity contribution in [3.8, 4) is 0 Å². The Balaban J connectivity index is 1.55. The lowest BCUT2D eigenvalue weighted by Crippen LogP contribution is -2.40. The number of nitrogens with one attached hydrogen (secondary N) is 4. The van der Waals surface area contributed by atoms with E-state index >= 15 is 0 Å². The van der Waals surface area contributed by atoms with Gasteiger partial charge in [0.1, 0.15) is 0 Å². The average molecular weight is 527 g/mol. The summed E-state index contributed by atoms with van der Waals surface area (Å²) in [6, 6.07) is 10.8. The highest BCUT2D eigenvalue weighted by Gasteiger charge is 2.18. The van der Waals surface area contributed by atoms with Crippen LogP contribution in [0.1, 0.15) is 24.0 Å². The normalized spacial score (nSPS) is 11.5. The summed E-state index contributed by atoms with van der Waals surface area (Å²) in [5, 5.41) is 4.89. The van der Waals surface area contributed by atoms with E-state index in [1.54, 1.807) is 38.1 Å². The number of ether oxygens (including phenoxy) is 1. The molecule has 0 unspecified atom stereocenters. The Hall–Kier alpha value is -3.16. The van der Waals surface area contributed by atoms with Gasteiger partial charge in [0.05, 0.1) is 9.79 Å². The van der Waals surface area contributed by atoms with Crippen molar-refractivity contribution in [2.75, 3.05) is 26.3 Å². The van der Waals surface area contributed by atoms with Crippen LogP contribution in [0.5, 0.6) is 0 Å². The highest BCUT2D eigenvalue weighted by molar-refractivity contribution is 7.90. The summed E-state index contributed by atoms with van der Waals surface area (Å²) in [6.07, 6.45) is 0.890. The largest absolute Gasteiger partial charge is 0.381 e. The van der Waals surface area contributed by atoms with Gasteiger partial charge in [-0.2, -0.15) is 0 Å². The first-order chi connectivity index (χ1) is 16.5. The first kappa shape index (κ1) is 28.1. The van der Waals surface area contributed by atoms with Gasteiger partial charge in [0.25, 0.3) is 20.0 Å². The third kappa shape index (κ3) is 9.92. The second kappa shape index (κ2) is 13.1. The molecule has 0 aliphatic heterocycles. The zero-order valence-corrected chi connectivity index (χ0v) is 21.2. The van der Waals surface area contributed by atoms with E-state index in [1.807, 2.05) is 9.44 Å². The highest BCUT2D eigenvalue weighted by Crippen LogP contribution is 2.11. The molecule has 4 amide bonds. The van der Waals surface area contributed by atoms with Crippen molar-refractivity contribution in [2.45, 2.75) is 36.5 Å². The number of benzene rings is 2. The molecule has 0 saturated heterocycles. The quantitative estimate of drug-likeness (QED) is 0.307. The van der Waals surface area contributed by atoms with E-state index in [9.17, 15) is 26.4 Å². The van der Waals surface area contributed by atoms with Gasteiger partial charge in [-0.05, 0) is 62.1 Å². The van der Waals surface area contributed by atoms with Crippen molar-refractivity contribution in [3.63, 3.8) is 0 Å². The summed E-state index contributed by atoms with van der Waals surface area (Å²) in [6.45, 7) is 4.51. The van der Waals surface area contributed by atoms with E-state index in [1.165, 1.54) is 24.3 Å². The zero-order chi connectivity index (χ0) is 25.9. The molecule has 0 fully saturated rings. The molecule has 0 aliphatic rings. The molecule has 0 atom stereocenters. The fourth-order valence-corrected chi connectivity index (χ4v) is 4.92. The van der Waals surface area contributed by atoms with E-state index in [0.717, 1.165) is 11.1 Å². The van der Waals surface area contributed by atoms with Gasteiger partial charge in [-0.3, -0.25) is 0 Å². The summed E-state index contributed by atoms with van der Waals surface area (Å²) in [7, 11) is -7.89. The van der Waals surface area contributed by atoms with Gasteiger partial charge in [-0.25, -0.2) is 35.9 Å². The van der Waals surface area contributed by atoms with Crippen LogP contribution in [0.2, 0.25) is 0 Å². The monoisotopic (exact) mass is 526 g/mol. The lowest BCUT2D eigenvalue weighted by atomic mass is 10.2. The second-order valence-corrected chi connectivity index (χ2v) is 11.0. The summed E-state index contributed by atoms with van der Waals surface area (Å²) in [5.41, 5.74) is 1.52. The molecule has 0 bridgehead atoms.